The van der Waals surface area contributed by atoms with Gasteiger partial charge in [0.25, 0.3) is 0 Å². The molecule has 1 atom stereocenters. The Labute approximate surface area is 149 Å². The van der Waals surface area contributed by atoms with Gasteiger partial charge in [0.1, 0.15) is 11.4 Å². The number of aliphatic hydroxyl groups is 1. The van der Waals surface area contributed by atoms with E-state index in [1.807, 2.05) is 18.2 Å². The highest BCUT2D eigenvalue weighted by atomic mass is 35.5. The lowest BCUT2D eigenvalue weighted by atomic mass is 9.71. The van der Waals surface area contributed by atoms with Crippen LogP contribution in [0.15, 0.2) is 48.5 Å². The predicted molar refractivity (Wildman–Crippen MR) is 98.7 cm³/mol. The topological polar surface area (TPSA) is 32.7 Å². The maximum Gasteiger partial charge on any atom is 0.119 e. The minimum Gasteiger partial charge on any atom is -0.497 e. The lowest BCUT2D eigenvalue weighted by molar-refractivity contribution is -0.117. The number of piperidine rings is 3. The zero-order valence-electron chi connectivity index (χ0n) is 13.9. The molecule has 128 valence electrons. The molecule has 4 heteroatoms. The fourth-order valence-electron chi connectivity index (χ4n) is 4.12. The van der Waals surface area contributed by atoms with Crippen molar-refractivity contribution in [3.63, 3.8) is 0 Å². The molecule has 0 amide bonds. The van der Waals surface area contributed by atoms with Gasteiger partial charge in [0, 0.05) is 6.54 Å². The van der Waals surface area contributed by atoms with Gasteiger partial charge in [-0.25, -0.2) is 0 Å². The molecule has 3 saturated heterocycles. The van der Waals surface area contributed by atoms with E-state index in [0.717, 1.165) is 54.9 Å². The number of rotatable bonds is 3. The first-order chi connectivity index (χ1) is 11.2. The predicted octanol–water partition coefficient (Wildman–Crippen LogP) is 3.70. The molecule has 1 unspecified atom stereocenters. The maximum absolute atomic E-state index is 11.2. The number of hydrogen-bond acceptors (Lipinski definition) is 3. The van der Waals surface area contributed by atoms with Crippen LogP contribution in [0.1, 0.15) is 18.4 Å². The number of hydrogen-bond donors (Lipinski definition) is 1. The Morgan fingerprint density at radius 2 is 1.75 bits per heavy atom. The summed E-state index contributed by atoms with van der Waals surface area (Å²) in [4.78, 5) is 2.38. The van der Waals surface area contributed by atoms with E-state index in [2.05, 4.69) is 35.2 Å². The molecule has 2 aromatic rings. The van der Waals surface area contributed by atoms with Crippen molar-refractivity contribution in [2.24, 2.45) is 5.92 Å². The Morgan fingerprint density at radius 1 is 1.04 bits per heavy atom. The Kier molecular flexibility index (Phi) is 4.86. The van der Waals surface area contributed by atoms with Crippen LogP contribution in [0.5, 0.6) is 5.75 Å². The lowest BCUT2D eigenvalue weighted by Gasteiger charge is -2.50. The van der Waals surface area contributed by atoms with Crippen molar-refractivity contribution in [3.05, 3.63) is 54.1 Å². The summed E-state index contributed by atoms with van der Waals surface area (Å²) in [7, 11) is 1.69. The van der Waals surface area contributed by atoms with Crippen LogP contribution in [0.4, 0.5) is 0 Å². The van der Waals surface area contributed by atoms with E-state index >= 15 is 0 Å². The van der Waals surface area contributed by atoms with E-state index in [1.165, 1.54) is 0 Å². The van der Waals surface area contributed by atoms with Gasteiger partial charge >= 0.3 is 0 Å². The highest BCUT2D eigenvalue weighted by Gasteiger charge is 2.46. The van der Waals surface area contributed by atoms with Crippen LogP contribution >= 0.6 is 12.4 Å². The van der Waals surface area contributed by atoms with Crippen molar-refractivity contribution in [1.29, 1.82) is 0 Å². The monoisotopic (exact) mass is 345 g/mol. The van der Waals surface area contributed by atoms with Crippen LogP contribution in [0.25, 0.3) is 11.1 Å². The summed E-state index contributed by atoms with van der Waals surface area (Å²) >= 11 is 0. The summed E-state index contributed by atoms with van der Waals surface area (Å²) in [5.41, 5.74) is 2.66. The highest BCUT2D eigenvalue weighted by molar-refractivity contribution is 5.85. The van der Waals surface area contributed by atoms with Crippen molar-refractivity contribution in [3.8, 4) is 16.9 Å². The van der Waals surface area contributed by atoms with Gasteiger partial charge in [0.15, 0.2) is 0 Å². The quantitative estimate of drug-likeness (QED) is 0.920. The van der Waals surface area contributed by atoms with E-state index < -0.39 is 5.60 Å². The number of methoxy groups -OCH3 is 1. The molecular weight excluding hydrogens is 322 g/mol. The molecule has 3 fully saturated rings. The third kappa shape index (κ3) is 2.92. The average molecular weight is 346 g/mol. The van der Waals surface area contributed by atoms with Crippen LogP contribution in [-0.4, -0.2) is 36.8 Å². The Morgan fingerprint density at radius 3 is 2.33 bits per heavy atom. The van der Waals surface area contributed by atoms with E-state index in [-0.39, 0.29) is 12.4 Å². The van der Waals surface area contributed by atoms with Crippen molar-refractivity contribution >= 4 is 12.4 Å². The van der Waals surface area contributed by atoms with E-state index in [4.69, 9.17) is 4.74 Å². The second-order valence-corrected chi connectivity index (χ2v) is 6.78. The molecule has 3 aliphatic heterocycles. The maximum atomic E-state index is 11.2. The molecule has 1 N–H and O–H groups in total. The summed E-state index contributed by atoms with van der Waals surface area (Å²) in [6.07, 6.45) is 2.21. The normalized spacial score (nSPS) is 28.2. The van der Waals surface area contributed by atoms with Gasteiger partial charge in [0.2, 0.25) is 0 Å². The van der Waals surface area contributed by atoms with Gasteiger partial charge < -0.3 is 14.7 Å². The molecule has 0 aliphatic carbocycles. The minimum atomic E-state index is -0.677. The Bertz CT molecular complexity index is 695. The molecule has 2 bridgehead atoms. The number of fused-ring (bicyclic) bond motifs is 3. The van der Waals surface area contributed by atoms with E-state index in [1.54, 1.807) is 7.11 Å². The van der Waals surface area contributed by atoms with E-state index in [0.29, 0.717) is 5.92 Å². The fraction of sp³-hybridized carbons (Fsp3) is 0.400. The molecule has 5 rings (SSSR count). The number of benzene rings is 2. The average Bonchev–Trinajstić information content (AvgIpc) is 2.63. The van der Waals surface area contributed by atoms with Gasteiger partial charge in [0.05, 0.1) is 7.11 Å². The fourth-order valence-corrected chi connectivity index (χ4v) is 4.12. The molecule has 0 radical (unpaired) electrons. The summed E-state index contributed by atoms with van der Waals surface area (Å²) in [5.74, 6) is 1.26. The summed E-state index contributed by atoms with van der Waals surface area (Å²) in [6.45, 7) is 3.04. The van der Waals surface area contributed by atoms with Crippen LogP contribution in [0.2, 0.25) is 0 Å². The number of ether oxygens (including phenoxy) is 1. The zero-order chi connectivity index (χ0) is 15.9. The summed E-state index contributed by atoms with van der Waals surface area (Å²) in [6, 6.07) is 16.5. The van der Waals surface area contributed by atoms with Crippen molar-refractivity contribution in [2.75, 3.05) is 26.7 Å². The number of nitrogens with zero attached hydrogens (tertiary/aromatic N) is 1. The van der Waals surface area contributed by atoms with Gasteiger partial charge in [-0.1, -0.05) is 36.4 Å². The lowest BCUT2D eigenvalue weighted by Crippen LogP contribution is -2.57. The Hall–Kier alpha value is -1.55. The van der Waals surface area contributed by atoms with Gasteiger partial charge in [-0.2, -0.15) is 0 Å². The van der Waals surface area contributed by atoms with Crippen LogP contribution in [-0.2, 0) is 5.60 Å². The molecule has 24 heavy (non-hydrogen) atoms. The van der Waals surface area contributed by atoms with Gasteiger partial charge in [-0.05, 0) is 60.7 Å². The molecule has 2 aromatic carbocycles. The molecule has 0 aromatic heterocycles. The first-order valence-corrected chi connectivity index (χ1v) is 8.39. The summed E-state index contributed by atoms with van der Waals surface area (Å²) < 4.78 is 5.30. The summed E-state index contributed by atoms with van der Waals surface area (Å²) in [5, 5.41) is 11.2. The third-order valence-electron chi connectivity index (χ3n) is 5.52. The molecule has 0 spiro atoms. The van der Waals surface area contributed by atoms with Crippen molar-refractivity contribution < 1.29 is 9.84 Å². The highest BCUT2D eigenvalue weighted by Crippen LogP contribution is 2.42. The third-order valence-corrected chi connectivity index (χ3v) is 5.52. The second-order valence-electron chi connectivity index (χ2n) is 6.78. The zero-order valence-corrected chi connectivity index (χ0v) is 14.8. The first kappa shape index (κ1) is 17.3. The molecular formula is C20H24ClNO2. The van der Waals surface area contributed by atoms with E-state index in [9.17, 15) is 5.11 Å². The first-order valence-electron chi connectivity index (χ1n) is 8.39. The largest absolute Gasteiger partial charge is 0.497 e. The number of halogens is 1. The second kappa shape index (κ2) is 6.75. The van der Waals surface area contributed by atoms with Crippen LogP contribution < -0.4 is 4.74 Å². The standard InChI is InChI=1S/C20H23NO2.ClH/c1-23-19-4-2-3-16(13-19)15-5-7-17(8-6-15)20(22)14-21-11-9-18(20)10-12-21;/h2-8,13,18,22H,9-12,14H2,1H3;1H. The van der Waals surface area contributed by atoms with Crippen molar-refractivity contribution in [2.45, 2.75) is 18.4 Å². The van der Waals surface area contributed by atoms with Gasteiger partial charge in [-0.15, -0.1) is 12.4 Å². The SMILES string of the molecule is COc1cccc(-c2ccc(C3(O)CN4CCC3CC4)cc2)c1.Cl. The minimum absolute atomic E-state index is 0. The molecule has 3 heterocycles. The molecule has 0 saturated carbocycles. The smallest absolute Gasteiger partial charge is 0.119 e. The molecule has 3 aliphatic rings. The van der Waals surface area contributed by atoms with Crippen LogP contribution in [0, 0.1) is 5.92 Å². The Balaban J connectivity index is 0.00000169. The van der Waals surface area contributed by atoms with Crippen molar-refractivity contribution in [1.82, 2.24) is 4.90 Å². The van der Waals surface area contributed by atoms with Crippen LogP contribution in [0.3, 0.4) is 0 Å². The molecule has 3 nitrogen and oxygen atoms in total. The van der Waals surface area contributed by atoms with Gasteiger partial charge in [-0.3, -0.25) is 0 Å².